The number of hydrogen-bond acceptors (Lipinski definition) is 4. The average molecular weight is 417 g/mol. The molecular weight excluding hydrogens is 408 g/mol. The number of halogens is 5. The number of nitriles is 1. The minimum atomic E-state index is -4.66. The number of aromatic nitrogens is 3. The van der Waals surface area contributed by atoms with Crippen LogP contribution in [0.15, 0.2) is 24.3 Å². The van der Waals surface area contributed by atoms with Gasteiger partial charge in [-0.05, 0) is 19.1 Å². The molecule has 0 radical (unpaired) electrons. The molecule has 0 aliphatic heterocycles. The van der Waals surface area contributed by atoms with Gasteiger partial charge in [-0.25, -0.2) is 9.25 Å². The van der Waals surface area contributed by atoms with Gasteiger partial charge >= 0.3 is 6.18 Å². The van der Waals surface area contributed by atoms with Crippen molar-refractivity contribution >= 4 is 23.2 Å². The van der Waals surface area contributed by atoms with E-state index >= 15 is 0 Å². The first-order valence-electron chi connectivity index (χ1n) is 7.22. The molecule has 3 aromatic rings. The highest BCUT2D eigenvalue weighted by atomic mass is 35.5. The van der Waals surface area contributed by atoms with Gasteiger partial charge in [-0.15, -0.1) is 0 Å². The summed E-state index contributed by atoms with van der Waals surface area (Å²) in [5, 5.41) is 32.8. The first-order chi connectivity index (χ1) is 12.6. The SMILES string of the molecule is Cc1nn(-c2c(Cl)cc(C(F)(F)F)cc2Cl)c(-n2c(O)ccc2O)c1C#N. The van der Waals surface area contributed by atoms with E-state index in [1.54, 1.807) is 0 Å². The third-order valence-corrected chi connectivity index (χ3v) is 4.33. The molecule has 2 heterocycles. The van der Waals surface area contributed by atoms with Crippen molar-refractivity contribution in [2.75, 3.05) is 0 Å². The van der Waals surface area contributed by atoms with Crippen molar-refractivity contribution in [3.05, 3.63) is 51.1 Å². The molecule has 3 rings (SSSR count). The van der Waals surface area contributed by atoms with Gasteiger partial charge in [-0.3, -0.25) is 0 Å². The lowest BCUT2D eigenvalue weighted by Crippen LogP contribution is -2.10. The highest BCUT2D eigenvalue weighted by Crippen LogP contribution is 2.40. The molecule has 0 spiro atoms. The van der Waals surface area contributed by atoms with E-state index in [0.29, 0.717) is 12.1 Å². The first-order valence-corrected chi connectivity index (χ1v) is 7.98. The lowest BCUT2D eigenvalue weighted by atomic mass is 10.2. The fourth-order valence-corrected chi connectivity index (χ4v) is 3.22. The van der Waals surface area contributed by atoms with Gasteiger partial charge in [0.15, 0.2) is 17.6 Å². The topological polar surface area (TPSA) is 87.0 Å². The molecule has 27 heavy (non-hydrogen) atoms. The maximum atomic E-state index is 13.0. The average Bonchev–Trinajstić information content (AvgIpc) is 3.04. The lowest BCUT2D eigenvalue weighted by molar-refractivity contribution is -0.137. The highest BCUT2D eigenvalue weighted by Gasteiger charge is 2.33. The van der Waals surface area contributed by atoms with E-state index in [4.69, 9.17) is 23.2 Å². The predicted molar refractivity (Wildman–Crippen MR) is 90.7 cm³/mol. The summed E-state index contributed by atoms with van der Waals surface area (Å²) in [5.41, 5.74) is -1.05. The predicted octanol–water partition coefficient (Wildman–Crippen LogP) is 4.58. The number of aromatic hydroxyl groups is 2. The van der Waals surface area contributed by atoms with Crippen LogP contribution in [0.25, 0.3) is 11.5 Å². The maximum absolute atomic E-state index is 13.0. The van der Waals surface area contributed by atoms with E-state index in [1.165, 1.54) is 19.1 Å². The standard InChI is InChI=1S/C16H9Cl2F3N4O2/c1-7-9(6-22)15(24-12(26)2-3-13(24)27)25(23-7)14-10(17)4-8(5-11(14)18)16(19,20)21/h2-5,26-27H,1H3. The van der Waals surface area contributed by atoms with Gasteiger partial charge in [0.2, 0.25) is 0 Å². The summed E-state index contributed by atoms with van der Waals surface area (Å²) in [5.74, 6) is -0.979. The van der Waals surface area contributed by atoms with Gasteiger partial charge in [0, 0.05) is 12.1 Å². The number of aryl methyl sites for hydroxylation is 1. The van der Waals surface area contributed by atoms with Crippen molar-refractivity contribution in [2.24, 2.45) is 0 Å². The third kappa shape index (κ3) is 3.07. The Bertz CT molecular complexity index is 1050. The zero-order valence-electron chi connectivity index (χ0n) is 13.4. The molecule has 0 aliphatic rings. The van der Waals surface area contributed by atoms with E-state index in [1.807, 2.05) is 6.07 Å². The summed E-state index contributed by atoms with van der Waals surface area (Å²) in [6, 6.07) is 5.55. The summed E-state index contributed by atoms with van der Waals surface area (Å²) in [7, 11) is 0. The molecule has 2 aromatic heterocycles. The van der Waals surface area contributed by atoms with Crippen LogP contribution in [-0.2, 0) is 6.18 Å². The van der Waals surface area contributed by atoms with Crippen molar-refractivity contribution < 1.29 is 23.4 Å². The Kier molecular flexibility index (Phi) is 4.49. The van der Waals surface area contributed by atoms with Gasteiger partial charge in [0.1, 0.15) is 17.3 Å². The van der Waals surface area contributed by atoms with Crippen LogP contribution in [0.5, 0.6) is 11.8 Å². The monoisotopic (exact) mass is 416 g/mol. The van der Waals surface area contributed by atoms with Crippen LogP contribution in [0.1, 0.15) is 16.8 Å². The fraction of sp³-hybridized carbons (Fsp3) is 0.125. The third-order valence-electron chi connectivity index (χ3n) is 3.76. The minimum Gasteiger partial charge on any atom is -0.494 e. The number of benzene rings is 1. The molecule has 1 aromatic carbocycles. The van der Waals surface area contributed by atoms with Crippen molar-refractivity contribution in [1.82, 2.24) is 14.3 Å². The van der Waals surface area contributed by atoms with Crippen LogP contribution in [0.3, 0.4) is 0 Å². The highest BCUT2D eigenvalue weighted by molar-refractivity contribution is 6.37. The largest absolute Gasteiger partial charge is 0.494 e. The summed E-state index contributed by atoms with van der Waals surface area (Å²) in [4.78, 5) is 0. The van der Waals surface area contributed by atoms with Crippen LogP contribution >= 0.6 is 23.2 Å². The number of nitrogens with zero attached hydrogens (tertiary/aromatic N) is 4. The van der Waals surface area contributed by atoms with Gasteiger partial charge < -0.3 is 10.2 Å². The zero-order valence-corrected chi connectivity index (χ0v) is 14.9. The second kappa shape index (κ2) is 6.40. The van der Waals surface area contributed by atoms with Crippen molar-refractivity contribution in [1.29, 1.82) is 5.26 Å². The molecule has 2 N–H and O–H groups in total. The molecule has 6 nitrogen and oxygen atoms in total. The molecule has 0 saturated heterocycles. The summed E-state index contributed by atoms with van der Waals surface area (Å²) in [6.45, 7) is 1.47. The molecule has 11 heteroatoms. The Labute approximate surface area is 160 Å². The van der Waals surface area contributed by atoms with E-state index in [-0.39, 0.29) is 32.8 Å². The van der Waals surface area contributed by atoms with E-state index in [9.17, 15) is 28.6 Å². The van der Waals surface area contributed by atoms with Gasteiger partial charge in [0.05, 0.1) is 21.3 Å². The molecular formula is C16H9Cl2F3N4O2. The molecule has 0 amide bonds. The van der Waals surface area contributed by atoms with E-state index in [2.05, 4.69) is 5.10 Å². The second-order valence-electron chi connectivity index (χ2n) is 5.48. The Morgan fingerprint density at radius 1 is 1.11 bits per heavy atom. The van der Waals surface area contributed by atoms with Crippen LogP contribution in [0.4, 0.5) is 13.2 Å². The second-order valence-corrected chi connectivity index (χ2v) is 6.29. The Morgan fingerprint density at radius 3 is 2.07 bits per heavy atom. The van der Waals surface area contributed by atoms with Crippen LogP contribution in [0.2, 0.25) is 10.0 Å². The Morgan fingerprint density at radius 2 is 1.63 bits per heavy atom. The summed E-state index contributed by atoms with van der Waals surface area (Å²) >= 11 is 12.1. The summed E-state index contributed by atoms with van der Waals surface area (Å²) < 4.78 is 40.8. The normalized spacial score (nSPS) is 11.6. The summed E-state index contributed by atoms with van der Waals surface area (Å²) in [6.07, 6.45) is -4.66. The molecule has 0 fully saturated rings. The Hall–Kier alpha value is -2.83. The number of rotatable bonds is 2. The zero-order chi connectivity index (χ0) is 20.1. The lowest BCUT2D eigenvalue weighted by Gasteiger charge is -2.15. The van der Waals surface area contributed by atoms with Crippen LogP contribution in [0, 0.1) is 18.3 Å². The van der Waals surface area contributed by atoms with Gasteiger partial charge in [-0.2, -0.15) is 23.5 Å². The Balaban J connectivity index is 2.37. The molecule has 0 aliphatic carbocycles. The van der Waals surface area contributed by atoms with Gasteiger partial charge in [-0.1, -0.05) is 23.2 Å². The van der Waals surface area contributed by atoms with Crippen molar-refractivity contribution in [3.63, 3.8) is 0 Å². The van der Waals surface area contributed by atoms with E-state index in [0.717, 1.165) is 9.25 Å². The maximum Gasteiger partial charge on any atom is 0.416 e. The number of alkyl halides is 3. The van der Waals surface area contributed by atoms with Crippen LogP contribution in [-0.4, -0.2) is 24.6 Å². The van der Waals surface area contributed by atoms with Crippen LogP contribution < -0.4 is 0 Å². The van der Waals surface area contributed by atoms with Crippen molar-refractivity contribution in [3.8, 4) is 29.3 Å². The van der Waals surface area contributed by atoms with Crippen molar-refractivity contribution in [2.45, 2.75) is 13.1 Å². The first kappa shape index (κ1) is 18.9. The molecule has 0 bridgehead atoms. The number of hydrogen-bond donors (Lipinski definition) is 2. The van der Waals surface area contributed by atoms with E-state index < -0.39 is 23.5 Å². The fourth-order valence-electron chi connectivity index (χ4n) is 2.57. The molecule has 0 unspecified atom stereocenters. The molecule has 0 saturated carbocycles. The smallest absolute Gasteiger partial charge is 0.416 e. The molecule has 0 atom stereocenters. The molecule has 140 valence electrons. The quantitative estimate of drug-likeness (QED) is 0.639. The minimum absolute atomic E-state index is 0.0381. The van der Waals surface area contributed by atoms with Gasteiger partial charge in [0.25, 0.3) is 0 Å².